The summed E-state index contributed by atoms with van der Waals surface area (Å²) in [6, 6.07) is 22.5. The van der Waals surface area contributed by atoms with E-state index >= 15 is 0 Å². The predicted molar refractivity (Wildman–Crippen MR) is 99.6 cm³/mol. The van der Waals surface area contributed by atoms with Gasteiger partial charge < -0.3 is 10.6 Å². The summed E-state index contributed by atoms with van der Waals surface area (Å²) in [4.78, 5) is 11.9. The minimum atomic E-state index is -0.362. The fourth-order valence-corrected chi connectivity index (χ4v) is 2.32. The summed E-state index contributed by atoms with van der Waals surface area (Å²) in [5, 5.41) is 16.8. The van der Waals surface area contributed by atoms with Crippen molar-refractivity contribution in [3.63, 3.8) is 0 Å². The zero-order valence-corrected chi connectivity index (χ0v) is 13.8. The second kappa shape index (κ2) is 7.92. The summed E-state index contributed by atoms with van der Waals surface area (Å²) < 4.78 is 0. The van der Waals surface area contributed by atoms with Gasteiger partial charge in [-0.25, -0.2) is 4.79 Å². The van der Waals surface area contributed by atoms with Gasteiger partial charge in [-0.15, -0.1) is 10.2 Å². The predicted octanol–water partition coefficient (Wildman–Crippen LogP) is 4.29. The number of urea groups is 1. The van der Waals surface area contributed by atoms with Gasteiger partial charge in [0, 0.05) is 11.7 Å². The number of nitrogens with one attached hydrogen (secondary N) is 3. The fraction of sp³-hybridized carbons (Fsp3) is 0.105. The van der Waals surface area contributed by atoms with Crippen molar-refractivity contribution in [3.05, 3.63) is 78.4 Å². The SMILES string of the molecule is CC(Nc1ccc(NC(=O)Nc2ccccc2)nn1)c1ccccc1. The van der Waals surface area contributed by atoms with Gasteiger partial charge in [0.2, 0.25) is 0 Å². The number of anilines is 3. The van der Waals surface area contributed by atoms with Gasteiger partial charge in [0.1, 0.15) is 5.82 Å². The lowest BCUT2D eigenvalue weighted by atomic mass is 10.1. The summed E-state index contributed by atoms with van der Waals surface area (Å²) in [6.45, 7) is 2.05. The highest BCUT2D eigenvalue weighted by molar-refractivity contribution is 5.99. The van der Waals surface area contributed by atoms with Crippen molar-refractivity contribution in [1.29, 1.82) is 0 Å². The largest absolute Gasteiger partial charge is 0.362 e. The van der Waals surface area contributed by atoms with Crippen LogP contribution in [0.5, 0.6) is 0 Å². The van der Waals surface area contributed by atoms with E-state index in [1.165, 1.54) is 0 Å². The first kappa shape index (κ1) is 16.4. The van der Waals surface area contributed by atoms with Crippen molar-refractivity contribution in [2.45, 2.75) is 13.0 Å². The van der Waals surface area contributed by atoms with Crippen molar-refractivity contribution < 1.29 is 4.79 Å². The first-order valence-electron chi connectivity index (χ1n) is 7.99. The highest BCUT2D eigenvalue weighted by Gasteiger charge is 2.07. The van der Waals surface area contributed by atoms with Gasteiger partial charge in [-0.1, -0.05) is 48.5 Å². The Morgan fingerprint density at radius 1 is 0.800 bits per heavy atom. The third-order valence-corrected chi connectivity index (χ3v) is 3.60. The van der Waals surface area contributed by atoms with Crippen LogP contribution in [0.25, 0.3) is 0 Å². The number of para-hydroxylation sites is 1. The highest BCUT2D eigenvalue weighted by Crippen LogP contribution is 2.17. The molecule has 0 saturated carbocycles. The zero-order chi connectivity index (χ0) is 17.5. The maximum atomic E-state index is 11.9. The van der Waals surface area contributed by atoms with E-state index in [1.807, 2.05) is 48.5 Å². The zero-order valence-electron chi connectivity index (χ0n) is 13.8. The van der Waals surface area contributed by atoms with E-state index in [1.54, 1.807) is 12.1 Å². The summed E-state index contributed by atoms with van der Waals surface area (Å²) in [5.41, 5.74) is 1.87. The third kappa shape index (κ3) is 4.78. The van der Waals surface area contributed by atoms with Crippen LogP contribution in [0, 0.1) is 0 Å². The van der Waals surface area contributed by atoms with Gasteiger partial charge in [-0.05, 0) is 36.8 Å². The molecule has 1 unspecified atom stereocenters. The lowest BCUT2D eigenvalue weighted by molar-refractivity contribution is 0.262. The average Bonchev–Trinajstić information content (AvgIpc) is 2.65. The van der Waals surface area contributed by atoms with E-state index in [0.29, 0.717) is 17.3 Å². The van der Waals surface area contributed by atoms with Gasteiger partial charge >= 0.3 is 6.03 Å². The van der Waals surface area contributed by atoms with Crippen molar-refractivity contribution in [3.8, 4) is 0 Å². The number of carbonyl (C=O) groups is 1. The van der Waals surface area contributed by atoms with Gasteiger partial charge in [0.15, 0.2) is 5.82 Å². The fourth-order valence-electron chi connectivity index (χ4n) is 2.32. The standard InChI is InChI=1S/C19H19N5O/c1-14(15-8-4-2-5-9-15)20-17-12-13-18(24-23-17)22-19(25)21-16-10-6-3-7-11-16/h2-14H,1H3,(H,20,23)(H2,21,22,24,25). The molecule has 1 aromatic heterocycles. The summed E-state index contributed by atoms with van der Waals surface area (Å²) >= 11 is 0. The number of aromatic nitrogens is 2. The molecule has 0 aliphatic heterocycles. The van der Waals surface area contributed by atoms with Crippen molar-refractivity contribution in [2.24, 2.45) is 0 Å². The number of amides is 2. The number of hydrogen-bond acceptors (Lipinski definition) is 4. The second-order valence-electron chi connectivity index (χ2n) is 5.53. The maximum absolute atomic E-state index is 11.9. The molecule has 3 rings (SSSR count). The molecule has 1 heterocycles. The van der Waals surface area contributed by atoms with E-state index in [0.717, 1.165) is 5.56 Å². The van der Waals surface area contributed by atoms with Crippen molar-refractivity contribution >= 4 is 23.4 Å². The molecule has 2 aromatic carbocycles. The molecule has 2 amide bonds. The Kier molecular flexibility index (Phi) is 5.21. The molecule has 0 saturated heterocycles. The summed E-state index contributed by atoms with van der Waals surface area (Å²) in [7, 11) is 0. The molecular formula is C19H19N5O. The number of hydrogen-bond donors (Lipinski definition) is 3. The molecular weight excluding hydrogens is 314 g/mol. The maximum Gasteiger partial charge on any atom is 0.324 e. The van der Waals surface area contributed by atoms with Crippen LogP contribution in [0.15, 0.2) is 72.8 Å². The molecule has 3 aromatic rings. The van der Waals surface area contributed by atoms with Crippen LogP contribution in [0.4, 0.5) is 22.1 Å². The lowest BCUT2D eigenvalue weighted by Crippen LogP contribution is -2.20. The summed E-state index contributed by atoms with van der Waals surface area (Å²) in [5.74, 6) is 1.02. The molecule has 0 fully saturated rings. The van der Waals surface area contributed by atoms with Gasteiger partial charge in [0.25, 0.3) is 0 Å². The number of rotatable bonds is 5. The van der Waals surface area contributed by atoms with Crippen LogP contribution in [0.2, 0.25) is 0 Å². The third-order valence-electron chi connectivity index (χ3n) is 3.60. The van der Waals surface area contributed by atoms with Crippen LogP contribution in [-0.2, 0) is 0 Å². The van der Waals surface area contributed by atoms with Crippen LogP contribution in [0.1, 0.15) is 18.5 Å². The minimum Gasteiger partial charge on any atom is -0.362 e. The Morgan fingerprint density at radius 2 is 1.40 bits per heavy atom. The molecule has 1 atom stereocenters. The highest BCUT2D eigenvalue weighted by atomic mass is 16.2. The van der Waals surface area contributed by atoms with Gasteiger partial charge in [0.05, 0.1) is 0 Å². The van der Waals surface area contributed by atoms with Crippen LogP contribution < -0.4 is 16.0 Å². The molecule has 0 aliphatic rings. The van der Waals surface area contributed by atoms with Crippen molar-refractivity contribution in [2.75, 3.05) is 16.0 Å². The number of benzene rings is 2. The minimum absolute atomic E-state index is 0.107. The average molecular weight is 333 g/mol. The van der Waals surface area contributed by atoms with Crippen LogP contribution >= 0.6 is 0 Å². The molecule has 25 heavy (non-hydrogen) atoms. The molecule has 6 heteroatoms. The number of nitrogens with zero attached hydrogens (tertiary/aromatic N) is 2. The van der Waals surface area contributed by atoms with Gasteiger partial charge in [-0.3, -0.25) is 5.32 Å². The monoisotopic (exact) mass is 333 g/mol. The van der Waals surface area contributed by atoms with E-state index in [9.17, 15) is 4.79 Å². The molecule has 6 nitrogen and oxygen atoms in total. The molecule has 0 aliphatic carbocycles. The molecule has 0 radical (unpaired) electrons. The number of carbonyl (C=O) groups excluding carboxylic acids is 1. The molecule has 0 spiro atoms. The lowest BCUT2D eigenvalue weighted by Gasteiger charge is -2.14. The van der Waals surface area contributed by atoms with E-state index < -0.39 is 0 Å². The van der Waals surface area contributed by atoms with E-state index in [4.69, 9.17) is 0 Å². The smallest absolute Gasteiger partial charge is 0.324 e. The van der Waals surface area contributed by atoms with Crippen LogP contribution in [0.3, 0.4) is 0 Å². The normalized spacial score (nSPS) is 11.4. The molecule has 0 bridgehead atoms. The first-order valence-corrected chi connectivity index (χ1v) is 7.99. The van der Waals surface area contributed by atoms with Gasteiger partial charge in [-0.2, -0.15) is 0 Å². The van der Waals surface area contributed by atoms with Crippen LogP contribution in [-0.4, -0.2) is 16.2 Å². The Balaban J connectivity index is 1.56. The quantitative estimate of drug-likeness (QED) is 0.650. The Hall–Kier alpha value is -3.41. The summed E-state index contributed by atoms with van der Waals surface area (Å²) in [6.07, 6.45) is 0. The van der Waals surface area contributed by atoms with Crippen molar-refractivity contribution in [1.82, 2.24) is 10.2 Å². The van der Waals surface area contributed by atoms with E-state index in [-0.39, 0.29) is 12.1 Å². The first-order chi connectivity index (χ1) is 12.2. The second-order valence-corrected chi connectivity index (χ2v) is 5.53. The Bertz CT molecular complexity index is 806. The Morgan fingerprint density at radius 3 is 2.04 bits per heavy atom. The molecule has 126 valence electrons. The topological polar surface area (TPSA) is 78.9 Å². The molecule has 3 N–H and O–H groups in total. The van der Waals surface area contributed by atoms with E-state index in [2.05, 4.69) is 45.2 Å². The Labute approximate surface area is 146 Å².